The Bertz CT molecular complexity index is 747. The number of nitrogens with zero attached hydrogens (tertiary/aromatic N) is 3. The van der Waals surface area contributed by atoms with Gasteiger partial charge in [0.15, 0.2) is 0 Å². The van der Waals surface area contributed by atoms with Crippen molar-refractivity contribution in [1.29, 1.82) is 0 Å². The fraction of sp³-hybridized carbons (Fsp3) is 0.375. The van der Waals surface area contributed by atoms with Crippen LogP contribution in [0.2, 0.25) is 0 Å². The van der Waals surface area contributed by atoms with Crippen LogP contribution in [0.4, 0.5) is 0 Å². The van der Waals surface area contributed by atoms with Gasteiger partial charge < -0.3 is 4.52 Å². The van der Waals surface area contributed by atoms with Crippen LogP contribution in [0.25, 0.3) is 11.4 Å². The zero-order valence-corrected chi connectivity index (χ0v) is 14.0. The summed E-state index contributed by atoms with van der Waals surface area (Å²) in [4.78, 5) is 8.54. The summed E-state index contributed by atoms with van der Waals surface area (Å²) < 4.78 is 5.46. The minimum atomic E-state index is 0.464. The second-order valence-electron chi connectivity index (χ2n) is 5.47. The molecular weight excluding hydrogens is 314 g/mol. The van der Waals surface area contributed by atoms with Gasteiger partial charge in [-0.3, -0.25) is 4.90 Å². The molecule has 1 atom stereocenters. The van der Waals surface area contributed by atoms with Gasteiger partial charge in [0.05, 0.1) is 6.54 Å². The number of hydrogen-bond acceptors (Lipinski definition) is 6. The predicted molar refractivity (Wildman–Crippen MR) is 89.1 cm³/mol. The zero-order chi connectivity index (χ0) is 14.9. The third kappa shape index (κ3) is 2.51. The quantitative estimate of drug-likeness (QED) is 0.712. The molecule has 1 aliphatic heterocycles. The van der Waals surface area contributed by atoms with E-state index >= 15 is 0 Å². The summed E-state index contributed by atoms with van der Waals surface area (Å²) in [5.41, 5.74) is 2.52. The molecule has 3 aromatic heterocycles. The Balaban J connectivity index is 1.54. The van der Waals surface area contributed by atoms with E-state index in [2.05, 4.69) is 33.4 Å². The van der Waals surface area contributed by atoms with Crippen LogP contribution in [0.1, 0.15) is 35.7 Å². The number of thiophene rings is 2. The molecule has 0 bridgehead atoms. The first kappa shape index (κ1) is 14.1. The maximum Gasteiger partial charge on any atom is 0.241 e. The Labute approximate surface area is 137 Å². The van der Waals surface area contributed by atoms with Gasteiger partial charge in [-0.25, -0.2) is 0 Å². The molecule has 0 N–H and O–H groups in total. The number of fused-ring (bicyclic) bond motifs is 1. The molecule has 4 nitrogen and oxygen atoms in total. The molecule has 0 fully saturated rings. The first-order valence-electron chi connectivity index (χ1n) is 7.50. The van der Waals surface area contributed by atoms with Crippen molar-refractivity contribution in [3.05, 3.63) is 44.6 Å². The fourth-order valence-corrected chi connectivity index (χ4v) is 4.68. The van der Waals surface area contributed by atoms with Crippen LogP contribution in [-0.4, -0.2) is 21.6 Å². The topological polar surface area (TPSA) is 42.2 Å². The summed E-state index contributed by atoms with van der Waals surface area (Å²) in [7, 11) is 0. The van der Waals surface area contributed by atoms with E-state index in [9.17, 15) is 0 Å². The highest BCUT2D eigenvalue weighted by molar-refractivity contribution is 7.10. The zero-order valence-electron chi connectivity index (χ0n) is 12.4. The highest BCUT2D eigenvalue weighted by Gasteiger charge is 2.28. The molecule has 22 heavy (non-hydrogen) atoms. The molecule has 0 aliphatic carbocycles. The monoisotopic (exact) mass is 331 g/mol. The highest BCUT2D eigenvalue weighted by Crippen LogP contribution is 2.36. The lowest BCUT2D eigenvalue weighted by Crippen LogP contribution is -2.34. The summed E-state index contributed by atoms with van der Waals surface area (Å²) in [6, 6.07) is 4.75. The predicted octanol–water partition coefficient (Wildman–Crippen LogP) is 4.37. The Hall–Kier alpha value is -1.50. The fourth-order valence-electron chi connectivity index (χ4n) is 3.12. The van der Waals surface area contributed by atoms with Crippen molar-refractivity contribution in [2.45, 2.75) is 32.4 Å². The molecule has 1 aliphatic rings. The SMILES string of the molecule is CCC1c2ccsc2CCN1Cc1nc(-c2ccsc2)no1. The molecule has 1 unspecified atom stereocenters. The molecule has 0 radical (unpaired) electrons. The van der Waals surface area contributed by atoms with Gasteiger partial charge in [0.2, 0.25) is 11.7 Å². The minimum absolute atomic E-state index is 0.464. The largest absolute Gasteiger partial charge is 0.338 e. The molecule has 4 rings (SSSR count). The summed E-state index contributed by atoms with van der Waals surface area (Å²) in [6.07, 6.45) is 2.23. The van der Waals surface area contributed by atoms with Gasteiger partial charge in [0.1, 0.15) is 0 Å². The van der Waals surface area contributed by atoms with E-state index in [0.29, 0.717) is 17.8 Å². The molecule has 3 aromatic rings. The van der Waals surface area contributed by atoms with E-state index < -0.39 is 0 Å². The maximum absolute atomic E-state index is 5.46. The lowest BCUT2D eigenvalue weighted by atomic mass is 9.98. The van der Waals surface area contributed by atoms with Crippen LogP contribution in [0.5, 0.6) is 0 Å². The molecule has 0 saturated carbocycles. The lowest BCUT2D eigenvalue weighted by molar-refractivity contribution is 0.151. The van der Waals surface area contributed by atoms with Crippen LogP contribution in [0.3, 0.4) is 0 Å². The minimum Gasteiger partial charge on any atom is -0.338 e. The average Bonchev–Trinajstić information content (AvgIpc) is 3.27. The summed E-state index contributed by atoms with van der Waals surface area (Å²) in [6.45, 7) is 4.03. The second kappa shape index (κ2) is 5.95. The summed E-state index contributed by atoms with van der Waals surface area (Å²) in [5, 5.41) is 10.4. The normalized spacial score (nSPS) is 18.5. The molecule has 0 amide bonds. The molecule has 6 heteroatoms. The van der Waals surface area contributed by atoms with Gasteiger partial charge in [-0.2, -0.15) is 16.3 Å². The lowest BCUT2D eigenvalue weighted by Gasteiger charge is -2.34. The average molecular weight is 331 g/mol. The van der Waals surface area contributed by atoms with Gasteiger partial charge >= 0.3 is 0 Å². The molecule has 114 valence electrons. The summed E-state index contributed by atoms with van der Waals surface area (Å²) in [5.74, 6) is 1.40. The standard InChI is InChI=1S/C16H17N3OS2/c1-2-13-12-5-8-22-14(12)3-6-19(13)9-15-17-16(18-20-15)11-4-7-21-10-11/h4-5,7-8,10,13H,2-3,6,9H2,1H3. The van der Waals surface area contributed by atoms with Crippen molar-refractivity contribution in [1.82, 2.24) is 15.0 Å². The van der Waals surface area contributed by atoms with E-state index in [4.69, 9.17) is 4.52 Å². The van der Waals surface area contributed by atoms with E-state index in [1.54, 1.807) is 11.3 Å². The highest BCUT2D eigenvalue weighted by atomic mass is 32.1. The number of hydrogen-bond donors (Lipinski definition) is 0. The first-order valence-corrected chi connectivity index (χ1v) is 9.33. The Morgan fingerprint density at radius 2 is 2.32 bits per heavy atom. The van der Waals surface area contributed by atoms with Crippen LogP contribution in [0, 0.1) is 0 Å². The molecule has 0 saturated heterocycles. The Morgan fingerprint density at radius 1 is 1.36 bits per heavy atom. The van der Waals surface area contributed by atoms with Crippen molar-refractivity contribution in [3.8, 4) is 11.4 Å². The summed E-state index contributed by atoms with van der Waals surface area (Å²) >= 11 is 3.52. The van der Waals surface area contributed by atoms with E-state index in [1.807, 2.05) is 28.2 Å². The third-order valence-electron chi connectivity index (χ3n) is 4.18. The van der Waals surface area contributed by atoms with Crippen LogP contribution >= 0.6 is 22.7 Å². The van der Waals surface area contributed by atoms with E-state index in [1.165, 1.54) is 10.4 Å². The number of rotatable bonds is 4. The Kier molecular flexibility index (Phi) is 3.82. The number of aromatic nitrogens is 2. The van der Waals surface area contributed by atoms with Crippen molar-refractivity contribution < 1.29 is 4.52 Å². The van der Waals surface area contributed by atoms with Gasteiger partial charge in [-0.05, 0) is 41.3 Å². The van der Waals surface area contributed by atoms with Crippen LogP contribution in [0.15, 0.2) is 32.8 Å². The smallest absolute Gasteiger partial charge is 0.241 e. The van der Waals surface area contributed by atoms with E-state index in [0.717, 1.165) is 31.5 Å². The molecule has 4 heterocycles. The van der Waals surface area contributed by atoms with Gasteiger partial charge in [0.25, 0.3) is 0 Å². The van der Waals surface area contributed by atoms with Crippen LogP contribution < -0.4 is 0 Å². The van der Waals surface area contributed by atoms with Crippen molar-refractivity contribution in [2.75, 3.05) is 6.54 Å². The van der Waals surface area contributed by atoms with Crippen LogP contribution in [-0.2, 0) is 13.0 Å². The second-order valence-corrected chi connectivity index (χ2v) is 7.25. The molecular formula is C16H17N3OS2. The maximum atomic E-state index is 5.46. The van der Waals surface area contributed by atoms with Gasteiger partial charge in [0, 0.05) is 28.4 Å². The van der Waals surface area contributed by atoms with Crippen molar-refractivity contribution >= 4 is 22.7 Å². The molecule has 0 spiro atoms. The third-order valence-corrected chi connectivity index (χ3v) is 5.86. The van der Waals surface area contributed by atoms with Gasteiger partial charge in [-0.1, -0.05) is 12.1 Å². The first-order chi connectivity index (χ1) is 10.8. The molecule has 0 aromatic carbocycles. The van der Waals surface area contributed by atoms with Crippen molar-refractivity contribution in [3.63, 3.8) is 0 Å². The van der Waals surface area contributed by atoms with E-state index in [-0.39, 0.29) is 0 Å². The van der Waals surface area contributed by atoms with Crippen molar-refractivity contribution in [2.24, 2.45) is 0 Å². The Morgan fingerprint density at radius 3 is 3.14 bits per heavy atom. The van der Waals surface area contributed by atoms with Gasteiger partial charge in [-0.15, -0.1) is 11.3 Å².